The van der Waals surface area contributed by atoms with Crippen LogP contribution >= 0.6 is 28.1 Å². The normalized spacial score (nSPS) is 15.2. The van der Waals surface area contributed by atoms with Gasteiger partial charge >= 0.3 is 5.97 Å². The maximum Gasteiger partial charge on any atom is 0.325 e. The smallest absolute Gasteiger partial charge is 0.325 e. The van der Waals surface area contributed by atoms with Crippen LogP contribution in [0, 0.1) is 12.3 Å². The average molecular weight is 409 g/mol. The van der Waals surface area contributed by atoms with Crippen molar-refractivity contribution >= 4 is 51.2 Å². The molecule has 24 heavy (non-hydrogen) atoms. The maximum absolute atomic E-state index is 12.3. The zero-order valence-electron chi connectivity index (χ0n) is 12.7. The highest BCUT2D eigenvalue weighted by molar-refractivity contribution is 9.10. The van der Waals surface area contributed by atoms with Crippen LogP contribution in [0.3, 0.4) is 0 Å². The first-order valence-electron chi connectivity index (χ1n) is 6.73. The third-order valence-electron chi connectivity index (χ3n) is 3.06. The van der Waals surface area contributed by atoms with Gasteiger partial charge in [0.05, 0.1) is 11.6 Å². The van der Waals surface area contributed by atoms with Crippen LogP contribution in [-0.4, -0.2) is 42.2 Å². The van der Waals surface area contributed by atoms with Crippen LogP contribution in [0.25, 0.3) is 6.08 Å². The van der Waals surface area contributed by atoms with E-state index in [1.165, 1.54) is 7.11 Å². The number of thiocarbonyl (C=S) groups is 1. The van der Waals surface area contributed by atoms with Crippen molar-refractivity contribution in [2.75, 3.05) is 20.3 Å². The summed E-state index contributed by atoms with van der Waals surface area (Å²) in [6.45, 7) is -0.0725. The molecular weight excluding hydrogens is 396 g/mol. The van der Waals surface area contributed by atoms with E-state index in [0.29, 0.717) is 10.2 Å². The van der Waals surface area contributed by atoms with Crippen molar-refractivity contribution in [1.82, 2.24) is 10.2 Å². The number of terminal acetylenes is 1. The Balaban J connectivity index is 2.18. The topological polar surface area (TPSA) is 67.9 Å². The molecule has 0 radical (unpaired) electrons. The van der Waals surface area contributed by atoms with Gasteiger partial charge in [-0.1, -0.05) is 12.0 Å². The molecule has 0 saturated carbocycles. The van der Waals surface area contributed by atoms with Gasteiger partial charge in [0, 0.05) is 0 Å². The summed E-state index contributed by atoms with van der Waals surface area (Å²) >= 11 is 8.45. The van der Waals surface area contributed by atoms with Crippen molar-refractivity contribution in [3.8, 4) is 18.1 Å². The summed E-state index contributed by atoms with van der Waals surface area (Å²) in [5.74, 6) is 2.04. The fourth-order valence-electron chi connectivity index (χ4n) is 1.92. The lowest BCUT2D eigenvalue weighted by molar-refractivity contribution is -0.143. The van der Waals surface area contributed by atoms with Crippen molar-refractivity contribution < 1.29 is 19.1 Å². The number of methoxy groups -OCH3 is 1. The van der Waals surface area contributed by atoms with Crippen molar-refractivity contribution in [3.05, 3.63) is 33.9 Å². The van der Waals surface area contributed by atoms with E-state index in [2.05, 4.69) is 31.9 Å². The van der Waals surface area contributed by atoms with Gasteiger partial charge in [0.25, 0.3) is 5.91 Å². The molecule has 8 heteroatoms. The van der Waals surface area contributed by atoms with Crippen LogP contribution in [0.1, 0.15) is 5.56 Å². The van der Waals surface area contributed by atoms with E-state index in [4.69, 9.17) is 23.4 Å². The number of carbonyl (C=O) groups is 2. The molecule has 124 valence electrons. The van der Waals surface area contributed by atoms with Crippen LogP contribution < -0.4 is 10.1 Å². The molecule has 1 aliphatic heterocycles. The van der Waals surface area contributed by atoms with Gasteiger partial charge in [0.2, 0.25) is 0 Å². The lowest BCUT2D eigenvalue weighted by Gasteiger charge is -2.11. The Morgan fingerprint density at radius 2 is 2.29 bits per heavy atom. The zero-order valence-corrected chi connectivity index (χ0v) is 15.1. The number of hydrogen-bond acceptors (Lipinski definition) is 5. The molecule has 0 aromatic heterocycles. The Kier molecular flexibility index (Phi) is 5.95. The Hall–Kier alpha value is -2.37. The quantitative estimate of drug-likeness (QED) is 0.346. The molecule has 1 aromatic carbocycles. The first kappa shape index (κ1) is 18.0. The molecule has 0 bridgehead atoms. The van der Waals surface area contributed by atoms with E-state index in [1.807, 2.05) is 0 Å². The van der Waals surface area contributed by atoms with E-state index in [1.54, 1.807) is 24.3 Å². The van der Waals surface area contributed by atoms with Crippen LogP contribution in [0.4, 0.5) is 0 Å². The number of ether oxygens (including phenoxy) is 2. The standard InChI is InChI=1S/C16H13BrN2O4S/c1-3-6-23-13-5-4-10(7-11(13)17)8-12-15(21)19(16(24)18-12)9-14(20)22-2/h1,4-5,7-8H,6,9H2,2H3,(H,18,24)/b12-8-. The monoisotopic (exact) mass is 408 g/mol. The molecule has 1 aliphatic rings. The number of nitrogens with one attached hydrogen (secondary N) is 1. The van der Waals surface area contributed by atoms with Gasteiger partial charge in [0.15, 0.2) is 5.11 Å². The van der Waals surface area contributed by atoms with Crippen molar-refractivity contribution in [3.63, 3.8) is 0 Å². The van der Waals surface area contributed by atoms with Crippen LogP contribution in [0.5, 0.6) is 5.75 Å². The minimum Gasteiger partial charge on any atom is -0.480 e. The highest BCUT2D eigenvalue weighted by atomic mass is 79.9. The predicted molar refractivity (Wildman–Crippen MR) is 95.9 cm³/mol. The number of rotatable bonds is 5. The Morgan fingerprint density at radius 1 is 1.54 bits per heavy atom. The van der Waals surface area contributed by atoms with Gasteiger partial charge in [-0.2, -0.15) is 0 Å². The number of halogens is 1. The molecule has 1 saturated heterocycles. The Bertz CT molecular complexity index is 770. The molecule has 0 atom stereocenters. The van der Waals surface area contributed by atoms with Crippen LogP contribution in [0.2, 0.25) is 0 Å². The molecule has 2 rings (SSSR count). The van der Waals surface area contributed by atoms with Crippen molar-refractivity contribution in [1.29, 1.82) is 0 Å². The number of amides is 1. The summed E-state index contributed by atoms with van der Waals surface area (Å²) < 4.78 is 10.6. The van der Waals surface area contributed by atoms with Crippen LogP contribution in [-0.2, 0) is 14.3 Å². The fraction of sp³-hybridized carbons (Fsp3) is 0.188. The van der Waals surface area contributed by atoms with E-state index in [9.17, 15) is 9.59 Å². The number of esters is 1. The van der Waals surface area contributed by atoms with Crippen LogP contribution in [0.15, 0.2) is 28.4 Å². The van der Waals surface area contributed by atoms with E-state index in [-0.39, 0.29) is 24.0 Å². The lowest BCUT2D eigenvalue weighted by atomic mass is 10.2. The van der Waals surface area contributed by atoms with Gasteiger partial charge in [0.1, 0.15) is 24.6 Å². The number of carbonyl (C=O) groups excluding carboxylic acids is 2. The highest BCUT2D eigenvalue weighted by Crippen LogP contribution is 2.27. The van der Waals surface area contributed by atoms with E-state index >= 15 is 0 Å². The Labute approximate surface area is 152 Å². The molecule has 0 aliphatic carbocycles. The summed E-state index contributed by atoms with van der Waals surface area (Å²) in [6.07, 6.45) is 6.78. The number of nitrogens with zero attached hydrogens (tertiary/aromatic N) is 1. The highest BCUT2D eigenvalue weighted by Gasteiger charge is 2.32. The molecule has 6 nitrogen and oxygen atoms in total. The predicted octanol–water partition coefficient (Wildman–Crippen LogP) is 1.69. The average Bonchev–Trinajstić information content (AvgIpc) is 2.81. The van der Waals surface area contributed by atoms with Gasteiger partial charge in [-0.15, -0.1) is 6.42 Å². The largest absolute Gasteiger partial charge is 0.480 e. The summed E-state index contributed by atoms with van der Waals surface area (Å²) in [5.41, 5.74) is 1.02. The SMILES string of the molecule is C#CCOc1ccc(/C=C2\NC(=S)N(CC(=O)OC)C2=O)cc1Br. The lowest BCUT2D eigenvalue weighted by Crippen LogP contribution is -2.35. The molecule has 1 fully saturated rings. The fourth-order valence-corrected chi connectivity index (χ4v) is 2.69. The third-order valence-corrected chi connectivity index (χ3v) is 4.00. The first-order chi connectivity index (χ1) is 11.5. The van der Waals surface area contributed by atoms with Gasteiger partial charge in [-0.25, -0.2) is 0 Å². The summed E-state index contributed by atoms with van der Waals surface area (Å²) in [4.78, 5) is 24.8. The van der Waals surface area contributed by atoms with Crippen molar-refractivity contribution in [2.24, 2.45) is 0 Å². The molecule has 0 spiro atoms. The minimum absolute atomic E-state index is 0.157. The van der Waals surface area contributed by atoms with Gasteiger partial charge < -0.3 is 14.8 Å². The summed E-state index contributed by atoms with van der Waals surface area (Å²) in [6, 6.07) is 5.28. The summed E-state index contributed by atoms with van der Waals surface area (Å²) in [5, 5.41) is 2.95. The number of hydrogen-bond donors (Lipinski definition) is 1. The number of benzene rings is 1. The molecule has 1 amide bonds. The molecule has 0 unspecified atom stereocenters. The minimum atomic E-state index is -0.550. The molecule has 1 N–H and O–H groups in total. The molecule has 1 aromatic rings. The second-order valence-electron chi connectivity index (χ2n) is 4.64. The summed E-state index contributed by atoms with van der Waals surface area (Å²) in [7, 11) is 1.25. The second-order valence-corrected chi connectivity index (χ2v) is 5.88. The second kappa shape index (κ2) is 7.95. The van der Waals surface area contributed by atoms with Gasteiger partial charge in [-0.05, 0) is 51.9 Å². The Morgan fingerprint density at radius 3 is 2.92 bits per heavy atom. The van der Waals surface area contributed by atoms with E-state index in [0.717, 1.165) is 10.5 Å². The third kappa shape index (κ3) is 4.13. The van der Waals surface area contributed by atoms with Gasteiger partial charge in [-0.3, -0.25) is 14.5 Å². The maximum atomic E-state index is 12.3. The van der Waals surface area contributed by atoms with E-state index < -0.39 is 11.9 Å². The van der Waals surface area contributed by atoms with Crippen molar-refractivity contribution in [2.45, 2.75) is 0 Å². The first-order valence-corrected chi connectivity index (χ1v) is 7.93. The molecular formula is C16H13BrN2O4S. The zero-order chi connectivity index (χ0) is 17.7. The molecule has 1 heterocycles.